The van der Waals surface area contributed by atoms with Crippen molar-refractivity contribution in [2.75, 3.05) is 57.3 Å². The van der Waals surface area contributed by atoms with Crippen LogP contribution in [-0.4, -0.2) is 80.3 Å². The van der Waals surface area contributed by atoms with Crippen LogP contribution < -0.4 is 10.2 Å². The van der Waals surface area contributed by atoms with Gasteiger partial charge in [-0.05, 0) is 30.9 Å². The molecule has 146 valence electrons. The van der Waals surface area contributed by atoms with Gasteiger partial charge in [0.1, 0.15) is 0 Å². The highest BCUT2D eigenvalue weighted by molar-refractivity contribution is 7.14. The highest BCUT2D eigenvalue weighted by Crippen LogP contribution is 2.23. The molecule has 2 aliphatic heterocycles. The summed E-state index contributed by atoms with van der Waals surface area (Å²) in [6.07, 6.45) is -3.42. The number of hydrogen-bond acceptors (Lipinski definition) is 4. The van der Waals surface area contributed by atoms with Crippen molar-refractivity contribution in [2.45, 2.75) is 25.6 Å². The van der Waals surface area contributed by atoms with Crippen LogP contribution in [0, 0.1) is 0 Å². The fourth-order valence-electron chi connectivity index (χ4n) is 3.51. The van der Waals surface area contributed by atoms with Crippen LogP contribution in [0.3, 0.4) is 0 Å². The molecule has 1 aromatic rings. The Morgan fingerprint density at radius 1 is 1.27 bits per heavy atom. The van der Waals surface area contributed by atoms with Crippen molar-refractivity contribution >= 4 is 22.3 Å². The van der Waals surface area contributed by atoms with Gasteiger partial charge >= 0.3 is 6.18 Å². The van der Waals surface area contributed by atoms with Crippen LogP contribution in [0.25, 0.3) is 0 Å². The second-order valence-corrected chi connectivity index (χ2v) is 7.63. The highest BCUT2D eigenvalue weighted by Gasteiger charge is 2.35. The second-order valence-electron chi connectivity index (χ2n) is 6.70. The summed E-state index contributed by atoms with van der Waals surface area (Å²) in [5.74, 6) is 0.831. The van der Waals surface area contributed by atoms with Gasteiger partial charge in [-0.25, -0.2) is 0 Å². The minimum absolute atomic E-state index is 0.0259. The van der Waals surface area contributed by atoms with Crippen molar-refractivity contribution in [3.63, 3.8) is 0 Å². The average molecular weight is 389 g/mol. The average Bonchev–Trinajstić information content (AvgIpc) is 3.25. The van der Waals surface area contributed by atoms with E-state index in [1.54, 1.807) is 11.3 Å². The van der Waals surface area contributed by atoms with Gasteiger partial charge in [0, 0.05) is 51.9 Å². The first kappa shape index (κ1) is 19.3. The summed E-state index contributed by atoms with van der Waals surface area (Å²) in [5, 5.41) is 6.77. The van der Waals surface area contributed by atoms with E-state index in [2.05, 4.69) is 37.6 Å². The Labute approximate surface area is 156 Å². The van der Waals surface area contributed by atoms with Crippen molar-refractivity contribution < 1.29 is 13.2 Å². The molecule has 0 amide bonds. The first-order valence-electron chi connectivity index (χ1n) is 9.08. The standard InChI is InChI=1S/C17H26F3N5S/c1-2-21-16(22-14-5-6-23(12-14)13-17(18,19)20)25-9-7-24(8-10-25)15-4-3-11-26-15/h3-4,11,14H,2,5-10,12-13H2,1H3,(H,21,22). The molecule has 26 heavy (non-hydrogen) atoms. The number of guanidine groups is 1. The predicted molar refractivity (Wildman–Crippen MR) is 100 cm³/mol. The molecule has 1 N–H and O–H groups in total. The zero-order valence-corrected chi connectivity index (χ0v) is 15.8. The van der Waals surface area contributed by atoms with Gasteiger partial charge in [-0.3, -0.25) is 9.89 Å². The third kappa shape index (κ3) is 5.26. The monoisotopic (exact) mass is 389 g/mol. The van der Waals surface area contributed by atoms with E-state index in [0.29, 0.717) is 26.1 Å². The summed E-state index contributed by atoms with van der Waals surface area (Å²) in [6.45, 7) is 6.28. The Hall–Kier alpha value is -1.48. The van der Waals surface area contributed by atoms with Gasteiger partial charge < -0.3 is 15.1 Å². The molecule has 0 aliphatic carbocycles. The first-order valence-corrected chi connectivity index (χ1v) is 9.96. The second kappa shape index (κ2) is 8.47. The molecule has 0 radical (unpaired) electrons. The molecule has 1 unspecified atom stereocenters. The number of thiophene rings is 1. The number of rotatable bonds is 4. The Balaban J connectivity index is 1.51. The lowest BCUT2D eigenvalue weighted by Gasteiger charge is -2.37. The molecule has 0 bridgehead atoms. The van der Waals surface area contributed by atoms with Crippen LogP contribution in [0.2, 0.25) is 0 Å². The van der Waals surface area contributed by atoms with Crippen molar-refractivity contribution in [2.24, 2.45) is 4.99 Å². The topological polar surface area (TPSA) is 34.1 Å². The molecule has 2 aliphatic rings. The molecule has 2 fully saturated rings. The fourth-order valence-corrected chi connectivity index (χ4v) is 4.29. The van der Waals surface area contributed by atoms with E-state index < -0.39 is 12.7 Å². The van der Waals surface area contributed by atoms with E-state index in [0.717, 1.165) is 32.1 Å². The van der Waals surface area contributed by atoms with Crippen molar-refractivity contribution in [3.05, 3.63) is 17.5 Å². The van der Waals surface area contributed by atoms with Crippen LogP contribution in [0.15, 0.2) is 22.5 Å². The molecule has 0 saturated carbocycles. The lowest BCUT2D eigenvalue weighted by molar-refractivity contribution is -0.143. The largest absolute Gasteiger partial charge is 0.401 e. The summed E-state index contributed by atoms with van der Waals surface area (Å²) in [6, 6.07) is 4.22. The maximum absolute atomic E-state index is 12.6. The molecule has 1 aromatic heterocycles. The normalized spacial score (nSPS) is 22.9. The summed E-state index contributed by atoms with van der Waals surface area (Å²) in [4.78, 5) is 10.6. The molecule has 3 heterocycles. The number of nitrogens with one attached hydrogen (secondary N) is 1. The van der Waals surface area contributed by atoms with E-state index in [1.165, 1.54) is 9.90 Å². The van der Waals surface area contributed by atoms with Gasteiger partial charge in [0.25, 0.3) is 0 Å². The van der Waals surface area contributed by atoms with Gasteiger partial charge in [0.2, 0.25) is 0 Å². The molecular weight excluding hydrogens is 363 g/mol. The number of piperazine rings is 1. The number of nitrogens with zero attached hydrogens (tertiary/aromatic N) is 4. The number of alkyl halides is 3. The van der Waals surface area contributed by atoms with Gasteiger partial charge in [-0.1, -0.05) is 0 Å². The van der Waals surface area contributed by atoms with Gasteiger partial charge in [-0.2, -0.15) is 13.2 Å². The van der Waals surface area contributed by atoms with Crippen molar-refractivity contribution in [1.82, 2.24) is 15.1 Å². The summed E-state index contributed by atoms with van der Waals surface area (Å²) >= 11 is 1.74. The predicted octanol–water partition coefficient (Wildman–Crippen LogP) is 2.47. The zero-order valence-electron chi connectivity index (χ0n) is 15.0. The minimum Gasteiger partial charge on any atom is -0.360 e. The number of hydrogen-bond donors (Lipinski definition) is 1. The molecule has 2 saturated heterocycles. The SMILES string of the molecule is CCN=C(NC1CCN(CC(F)(F)F)C1)N1CCN(c2cccs2)CC1. The van der Waals surface area contributed by atoms with Crippen LogP contribution in [0.5, 0.6) is 0 Å². The lowest BCUT2D eigenvalue weighted by Crippen LogP contribution is -2.54. The van der Waals surface area contributed by atoms with Gasteiger partial charge in [0.05, 0.1) is 11.5 Å². The van der Waals surface area contributed by atoms with E-state index in [4.69, 9.17) is 0 Å². The fraction of sp³-hybridized carbons (Fsp3) is 0.706. The summed E-state index contributed by atoms with van der Waals surface area (Å²) < 4.78 is 37.7. The van der Waals surface area contributed by atoms with Crippen LogP contribution in [-0.2, 0) is 0 Å². The van der Waals surface area contributed by atoms with E-state index >= 15 is 0 Å². The Kier molecular flexibility index (Phi) is 6.29. The molecule has 9 heteroatoms. The first-order chi connectivity index (χ1) is 12.4. The number of halogens is 3. The van der Waals surface area contributed by atoms with Crippen LogP contribution in [0.1, 0.15) is 13.3 Å². The van der Waals surface area contributed by atoms with Crippen LogP contribution >= 0.6 is 11.3 Å². The van der Waals surface area contributed by atoms with E-state index in [-0.39, 0.29) is 6.04 Å². The summed E-state index contributed by atoms with van der Waals surface area (Å²) in [7, 11) is 0. The quantitative estimate of drug-likeness (QED) is 0.634. The number of aliphatic imine (C=N–C) groups is 1. The minimum atomic E-state index is -4.13. The Morgan fingerprint density at radius 3 is 2.65 bits per heavy atom. The third-order valence-corrected chi connectivity index (χ3v) is 5.64. The van der Waals surface area contributed by atoms with Crippen molar-refractivity contribution in [1.29, 1.82) is 0 Å². The van der Waals surface area contributed by atoms with E-state index in [1.807, 2.05) is 6.92 Å². The van der Waals surface area contributed by atoms with Gasteiger partial charge in [0.15, 0.2) is 5.96 Å². The lowest BCUT2D eigenvalue weighted by atomic mass is 10.2. The highest BCUT2D eigenvalue weighted by atomic mass is 32.1. The molecule has 3 rings (SSSR count). The number of anilines is 1. The number of likely N-dealkylation sites (tertiary alicyclic amines) is 1. The smallest absolute Gasteiger partial charge is 0.360 e. The van der Waals surface area contributed by atoms with Crippen molar-refractivity contribution in [3.8, 4) is 0 Å². The van der Waals surface area contributed by atoms with Crippen LogP contribution in [0.4, 0.5) is 18.2 Å². The third-order valence-electron chi connectivity index (χ3n) is 4.71. The Morgan fingerprint density at radius 2 is 2.04 bits per heavy atom. The molecule has 1 atom stereocenters. The zero-order chi connectivity index (χ0) is 18.6. The van der Waals surface area contributed by atoms with E-state index in [9.17, 15) is 13.2 Å². The molecular formula is C17H26F3N5S. The maximum Gasteiger partial charge on any atom is 0.401 e. The molecule has 0 aromatic carbocycles. The molecule has 5 nitrogen and oxygen atoms in total. The summed E-state index contributed by atoms with van der Waals surface area (Å²) in [5.41, 5.74) is 0. The maximum atomic E-state index is 12.6. The van der Waals surface area contributed by atoms with Gasteiger partial charge in [-0.15, -0.1) is 11.3 Å². The Bertz CT molecular complexity index is 582. The molecule has 0 spiro atoms.